The molecule has 0 heterocycles. The van der Waals surface area contributed by atoms with E-state index in [1.54, 1.807) is 0 Å². The second-order valence-electron chi connectivity index (χ2n) is 5.14. The number of aryl methyl sites for hydroxylation is 1. The van der Waals surface area contributed by atoms with Gasteiger partial charge in [-0.1, -0.05) is 18.6 Å². The molecule has 3 nitrogen and oxygen atoms in total. The van der Waals surface area contributed by atoms with E-state index in [2.05, 4.69) is 11.4 Å². The molecule has 0 bridgehead atoms. The number of amides is 1. The molecule has 0 unspecified atom stereocenters. The Morgan fingerprint density at radius 1 is 1.39 bits per heavy atom. The molecule has 0 spiro atoms. The summed E-state index contributed by atoms with van der Waals surface area (Å²) in [6.45, 7) is 0.707. The molecular weight excluding hydrogens is 224 g/mol. The molecule has 1 amide bonds. The Labute approximate surface area is 109 Å². The summed E-state index contributed by atoms with van der Waals surface area (Å²) in [7, 11) is 0. The van der Waals surface area contributed by atoms with Gasteiger partial charge in [0, 0.05) is 12.1 Å². The fraction of sp³-hybridized carbons (Fsp3) is 0.533. The molecule has 3 heteroatoms. The minimum atomic E-state index is 0.149. The van der Waals surface area contributed by atoms with Crippen LogP contribution in [0, 0.1) is 5.92 Å². The minimum Gasteiger partial charge on any atom is -0.330 e. The summed E-state index contributed by atoms with van der Waals surface area (Å²) in [5.74, 6) is 0.765. The molecule has 1 aliphatic rings. The molecule has 1 aliphatic carbocycles. The van der Waals surface area contributed by atoms with Gasteiger partial charge in [0.05, 0.1) is 0 Å². The van der Waals surface area contributed by atoms with E-state index in [9.17, 15) is 4.79 Å². The fourth-order valence-electron chi connectivity index (χ4n) is 2.28. The third kappa shape index (κ3) is 3.84. The van der Waals surface area contributed by atoms with E-state index in [0.29, 0.717) is 18.9 Å². The van der Waals surface area contributed by atoms with Crippen molar-refractivity contribution in [1.82, 2.24) is 0 Å². The molecule has 1 saturated carbocycles. The summed E-state index contributed by atoms with van der Waals surface area (Å²) in [5.41, 5.74) is 7.65. The second kappa shape index (κ2) is 6.55. The molecule has 2 rings (SSSR count). The first kappa shape index (κ1) is 13.1. The smallest absolute Gasteiger partial charge is 0.224 e. The van der Waals surface area contributed by atoms with Crippen molar-refractivity contribution < 1.29 is 4.79 Å². The first-order valence-electron chi connectivity index (χ1n) is 6.87. The van der Waals surface area contributed by atoms with Crippen molar-refractivity contribution in [2.24, 2.45) is 11.7 Å². The van der Waals surface area contributed by atoms with E-state index in [-0.39, 0.29) is 5.91 Å². The average molecular weight is 246 g/mol. The number of nitrogens with one attached hydrogen (secondary N) is 1. The van der Waals surface area contributed by atoms with E-state index < -0.39 is 0 Å². The van der Waals surface area contributed by atoms with Crippen LogP contribution in [-0.2, 0) is 11.2 Å². The summed E-state index contributed by atoms with van der Waals surface area (Å²) in [6, 6.07) is 8.07. The summed E-state index contributed by atoms with van der Waals surface area (Å²) in [5, 5.41) is 2.99. The lowest BCUT2D eigenvalue weighted by molar-refractivity contribution is -0.117. The highest BCUT2D eigenvalue weighted by Gasteiger charge is 2.20. The van der Waals surface area contributed by atoms with Crippen molar-refractivity contribution in [3.05, 3.63) is 29.8 Å². The molecule has 1 aromatic carbocycles. The van der Waals surface area contributed by atoms with Crippen LogP contribution in [0.5, 0.6) is 0 Å². The zero-order valence-electron chi connectivity index (χ0n) is 10.8. The Morgan fingerprint density at radius 3 is 2.89 bits per heavy atom. The van der Waals surface area contributed by atoms with Gasteiger partial charge in [0.1, 0.15) is 0 Å². The Kier molecular flexibility index (Phi) is 4.76. The van der Waals surface area contributed by atoms with Crippen LogP contribution in [0.2, 0.25) is 0 Å². The normalized spacial score (nSPS) is 15.2. The van der Waals surface area contributed by atoms with Crippen molar-refractivity contribution in [1.29, 1.82) is 0 Å². The summed E-state index contributed by atoms with van der Waals surface area (Å²) in [6.07, 6.45) is 6.34. The van der Waals surface area contributed by atoms with Gasteiger partial charge >= 0.3 is 0 Å². The van der Waals surface area contributed by atoms with Crippen LogP contribution in [0.3, 0.4) is 0 Å². The maximum absolute atomic E-state index is 11.8. The molecule has 0 radical (unpaired) electrons. The number of carbonyl (C=O) groups is 1. The second-order valence-corrected chi connectivity index (χ2v) is 5.14. The van der Waals surface area contributed by atoms with Gasteiger partial charge in [0.25, 0.3) is 0 Å². The van der Waals surface area contributed by atoms with Crippen LogP contribution >= 0.6 is 0 Å². The predicted molar refractivity (Wildman–Crippen MR) is 74.4 cm³/mol. The average Bonchev–Trinajstić information content (AvgIpc) is 2.32. The standard InChI is InChI=1S/C15H22N2O/c16-9-3-7-12-6-2-8-14(10-12)17-15(18)11-13-4-1-5-13/h2,6,8,10,13H,1,3-5,7,9,11,16H2,(H,17,18). The van der Waals surface area contributed by atoms with Crippen molar-refractivity contribution in [3.8, 4) is 0 Å². The summed E-state index contributed by atoms with van der Waals surface area (Å²) in [4.78, 5) is 11.8. The van der Waals surface area contributed by atoms with Crippen LogP contribution in [0.25, 0.3) is 0 Å². The van der Waals surface area contributed by atoms with E-state index in [1.807, 2.05) is 18.2 Å². The van der Waals surface area contributed by atoms with Gasteiger partial charge in [-0.3, -0.25) is 4.79 Å². The number of nitrogens with two attached hydrogens (primary N) is 1. The number of benzene rings is 1. The molecule has 0 atom stereocenters. The summed E-state index contributed by atoms with van der Waals surface area (Å²) < 4.78 is 0. The first-order chi connectivity index (χ1) is 8.78. The maximum atomic E-state index is 11.8. The number of rotatable bonds is 6. The Bertz CT molecular complexity index is 399. The molecule has 0 saturated heterocycles. The molecule has 1 aromatic rings. The number of hydrogen-bond donors (Lipinski definition) is 2. The molecule has 0 aliphatic heterocycles. The van der Waals surface area contributed by atoms with Crippen LogP contribution in [0.1, 0.15) is 37.7 Å². The van der Waals surface area contributed by atoms with Crippen molar-refractivity contribution >= 4 is 11.6 Å². The molecule has 0 aromatic heterocycles. The fourth-order valence-corrected chi connectivity index (χ4v) is 2.28. The zero-order chi connectivity index (χ0) is 12.8. The first-order valence-corrected chi connectivity index (χ1v) is 6.87. The van der Waals surface area contributed by atoms with Gasteiger partial charge in [-0.15, -0.1) is 0 Å². The highest BCUT2D eigenvalue weighted by Crippen LogP contribution is 2.29. The van der Waals surface area contributed by atoms with Gasteiger partial charge in [0.2, 0.25) is 5.91 Å². The van der Waals surface area contributed by atoms with Crippen molar-refractivity contribution in [3.63, 3.8) is 0 Å². The van der Waals surface area contributed by atoms with Gasteiger partial charge in [-0.2, -0.15) is 0 Å². The monoisotopic (exact) mass is 246 g/mol. The highest BCUT2D eigenvalue weighted by molar-refractivity contribution is 5.90. The molecule has 18 heavy (non-hydrogen) atoms. The van der Waals surface area contributed by atoms with E-state index in [1.165, 1.54) is 24.8 Å². The zero-order valence-corrected chi connectivity index (χ0v) is 10.8. The van der Waals surface area contributed by atoms with E-state index in [0.717, 1.165) is 18.5 Å². The van der Waals surface area contributed by atoms with E-state index in [4.69, 9.17) is 5.73 Å². The lowest BCUT2D eigenvalue weighted by Gasteiger charge is -2.24. The van der Waals surface area contributed by atoms with Gasteiger partial charge < -0.3 is 11.1 Å². The highest BCUT2D eigenvalue weighted by atomic mass is 16.1. The van der Waals surface area contributed by atoms with Crippen LogP contribution in [0.15, 0.2) is 24.3 Å². The number of hydrogen-bond acceptors (Lipinski definition) is 2. The maximum Gasteiger partial charge on any atom is 0.224 e. The summed E-state index contributed by atoms with van der Waals surface area (Å²) >= 11 is 0. The predicted octanol–water partition coefficient (Wildman–Crippen LogP) is 2.71. The topological polar surface area (TPSA) is 55.1 Å². The third-order valence-corrected chi connectivity index (χ3v) is 3.58. The molecular formula is C15H22N2O. The Morgan fingerprint density at radius 2 is 2.22 bits per heavy atom. The molecule has 98 valence electrons. The van der Waals surface area contributed by atoms with Crippen LogP contribution in [0.4, 0.5) is 5.69 Å². The van der Waals surface area contributed by atoms with Gasteiger partial charge in [0.15, 0.2) is 0 Å². The van der Waals surface area contributed by atoms with Gasteiger partial charge in [-0.25, -0.2) is 0 Å². The van der Waals surface area contributed by atoms with E-state index >= 15 is 0 Å². The Balaban J connectivity index is 1.85. The number of carbonyl (C=O) groups excluding carboxylic acids is 1. The SMILES string of the molecule is NCCCc1cccc(NC(=O)CC2CCC2)c1. The van der Waals surface area contributed by atoms with Crippen LogP contribution in [-0.4, -0.2) is 12.5 Å². The van der Waals surface area contributed by atoms with Crippen LogP contribution < -0.4 is 11.1 Å². The molecule has 1 fully saturated rings. The Hall–Kier alpha value is -1.35. The van der Waals surface area contributed by atoms with Gasteiger partial charge in [-0.05, 0) is 55.8 Å². The minimum absolute atomic E-state index is 0.149. The quantitative estimate of drug-likeness (QED) is 0.811. The number of anilines is 1. The lowest BCUT2D eigenvalue weighted by atomic mass is 9.83. The van der Waals surface area contributed by atoms with Crippen molar-refractivity contribution in [2.75, 3.05) is 11.9 Å². The molecule has 3 N–H and O–H groups in total. The van der Waals surface area contributed by atoms with Crippen molar-refractivity contribution in [2.45, 2.75) is 38.5 Å². The lowest BCUT2D eigenvalue weighted by Crippen LogP contribution is -2.20. The largest absolute Gasteiger partial charge is 0.330 e. The third-order valence-electron chi connectivity index (χ3n) is 3.58.